The van der Waals surface area contributed by atoms with Crippen molar-refractivity contribution in [3.05, 3.63) is 78.6 Å². The number of likely N-dealkylation sites (N-methyl/N-ethyl adjacent to an activating group) is 1. The smallest absolute Gasteiger partial charge is 0.248 e. The zero-order valence-electron chi connectivity index (χ0n) is 23.8. The van der Waals surface area contributed by atoms with E-state index in [1.165, 1.54) is 6.08 Å². The standard InChI is InChI=1S/C32H37N7O2/c1-21-19-34-32(38-30(21)27-20-33-28-11-5-4-10-26(27)28)37-25-9-6-8-22(18-25)31(41)36-24-15-13-23(14-16-24)35-29(40)12-7-17-39(2)3/h4-5,7,10-16,19-20,22,25,33H,6,8-9,17-18H2,1-3H3,(H,35,40)(H,36,41)(H,34,37,38)/b12-7+/t22-,25+/m0/s1. The van der Waals surface area contributed by atoms with Gasteiger partial charge in [-0.3, -0.25) is 9.59 Å². The predicted molar refractivity (Wildman–Crippen MR) is 165 cm³/mol. The highest BCUT2D eigenvalue weighted by molar-refractivity contribution is 5.99. The summed E-state index contributed by atoms with van der Waals surface area (Å²) in [5, 5.41) is 10.5. The molecule has 1 fully saturated rings. The Morgan fingerprint density at radius 1 is 1.05 bits per heavy atom. The van der Waals surface area contributed by atoms with Crippen LogP contribution in [0.1, 0.15) is 31.2 Å². The van der Waals surface area contributed by atoms with Crippen molar-refractivity contribution in [1.29, 1.82) is 0 Å². The Labute approximate surface area is 240 Å². The number of carbonyl (C=O) groups is 2. The van der Waals surface area contributed by atoms with Crippen LogP contribution in [0, 0.1) is 12.8 Å². The lowest BCUT2D eigenvalue weighted by molar-refractivity contribution is -0.120. The molecule has 0 bridgehead atoms. The molecule has 1 aliphatic rings. The van der Waals surface area contributed by atoms with Gasteiger partial charge < -0.3 is 25.8 Å². The van der Waals surface area contributed by atoms with Gasteiger partial charge in [0.2, 0.25) is 17.8 Å². The summed E-state index contributed by atoms with van der Waals surface area (Å²) in [6.07, 6.45) is 10.6. The van der Waals surface area contributed by atoms with Crippen LogP contribution in [0.15, 0.2) is 73.1 Å². The number of H-pyrrole nitrogens is 1. The molecule has 2 amide bonds. The number of anilines is 3. The van der Waals surface area contributed by atoms with Gasteiger partial charge in [0.25, 0.3) is 0 Å². The lowest BCUT2D eigenvalue weighted by Gasteiger charge is -2.29. The molecule has 9 nitrogen and oxygen atoms in total. The van der Waals surface area contributed by atoms with Crippen LogP contribution in [0.5, 0.6) is 0 Å². The number of nitrogens with one attached hydrogen (secondary N) is 4. The molecule has 2 aromatic heterocycles. The van der Waals surface area contributed by atoms with Crippen LogP contribution in [0.4, 0.5) is 17.3 Å². The summed E-state index contributed by atoms with van der Waals surface area (Å²) in [6, 6.07) is 15.5. The molecule has 212 valence electrons. The normalized spacial score (nSPS) is 17.2. The molecule has 1 aliphatic carbocycles. The molecular formula is C32H37N7O2. The molecule has 0 radical (unpaired) electrons. The number of aromatic amines is 1. The zero-order chi connectivity index (χ0) is 28.8. The third-order valence-corrected chi connectivity index (χ3v) is 7.35. The monoisotopic (exact) mass is 551 g/mol. The molecule has 0 saturated heterocycles. The van der Waals surface area contributed by atoms with E-state index >= 15 is 0 Å². The largest absolute Gasteiger partial charge is 0.360 e. The fourth-order valence-corrected chi connectivity index (χ4v) is 5.23. The van der Waals surface area contributed by atoms with E-state index in [-0.39, 0.29) is 23.8 Å². The van der Waals surface area contributed by atoms with E-state index < -0.39 is 0 Å². The van der Waals surface area contributed by atoms with Crippen molar-refractivity contribution in [2.24, 2.45) is 5.92 Å². The number of nitrogens with zero attached hydrogens (tertiary/aromatic N) is 3. The Balaban J connectivity index is 1.17. The number of benzene rings is 2. The fourth-order valence-electron chi connectivity index (χ4n) is 5.23. The lowest BCUT2D eigenvalue weighted by atomic mass is 9.85. The summed E-state index contributed by atoms with van der Waals surface area (Å²) >= 11 is 0. The summed E-state index contributed by atoms with van der Waals surface area (Å²) in [5.74, 6) is 0.289. The highest BCUT2D eigenvalue weighted by atomic mass is 16.2. The molecule has 0 aliphatic heterocycles. The minimum atomic E-state index is -0.185. The zero-order valence-corrected chi connectivity index (χ0v) is 23.8. The van der Waals surface area contributed by atoms with Crippen LogP contribution >= 0.6 is 0 Å². The molecule has 2 atom stereocenters. The fraction of sp³-hybridized carbons (Fsp3) is 0.312. The second-order valence-electron chi connectivity index (χ2n) is 10.9. The van der Waals surface area contributed by atoms with E-state index in [9.17, 15) is 9.59 Å². The van der Waals surface area contributed by atoms with Gasteiger partial charge in [-0.25, -0.2) is 9.97 Å². The lowest BCUT2D eigenvalue weighted by Crippen LogP contribution is -2.34. The molecular weight excluding hydrogens is 514 g/mol. The predicted octanol–water partition coefficient (Wildman–Crippen LogP) is 5.60. The maximum Gasteiger partial charge on any atom is 0.248 e. The first-order valence-electron chi connectivity index (χ1n) is 14.1. The number of carbonyl (C=O) groups excluding carboxylic acids is 2. The third kappa shape index (κ3) is 7.18. The van der Waals surface area contributed by atoms with Gasteiger partial charge in [0, 0.05) is 64.8 Å². The van der Waals surface area contributed by atoms with Crippen molar-refractivity contribution in [3.63, 3.8) is 0 Å². The Bertz CT molecular complexity index is 1540. The van der Waals surface area contributed by atoms with Crippen molar-refractivity contribution >= 4 is 40.0 Å². The number of hydrogen-bond donors (Lipinski definition) is 4. The molecule has 0 spiro atoms. The van der Waals surface area contributed by atoms with Gasteiger partial charge in [-0.05, 0) is 76.2 Å². The third-order valence-electron chi connectivity index (χ3n) is 7.35. The molecule has 2 heterocycles. The molecule has 5 rings (SSSR count). The van der Waals surface area contributed by atoms with E-state index in [1.54, 1.807) is 12.1 Å². The SMILES string of the molecule is Cc1cnc(N[C@@H]2CCC[C@H](C(=O)Nc3ccc(NC(=O)/C=C/CN(C)C)cc3)C2)nc1-c1c[nH]c2ccccc12. The molecule has 4 N–H and O–H groups in total. The average Bonchev–Trinajstić information content (AvgIpc) is 3.39. The Kier molecular flexibility index (Phi) is 8.74. The van der Waals surface area contributed by atoms with Gasteiger partial charge in [0.15, 0.2) is 0 Å². The molecule has 9 heteroatoms. The number of para-hydroxylation sites is 1. The molecule has 1 saturated carbocycles. The van der Waals surface area contributed by atoms with Crippen molar-refractivity contribution in [2.45, 2.75) is 38.6 Å². The maximum atomic E-state index is 13.1. The summed E-state index contributed by atoms with van der Waals surface area (Å²) in [4.78, 5) is 39.9. The number of aromatic nitrogens is 3. The van der Waals surface area contributed by atoms with E-state index in [0.717, 1.165) is 47.0 Å². The minimum Gasteiger partial charge on any atom is -0.360 e. The summed E-state index contributed by atoms with van der Waals surface area (Å²) in [7, 11) is 3.89. The van der Waals surface area contributed by atoms with E-state index in [2.05, 4.69) is 38.1 Å². The van der Waals surface area contributed by atoms with Crippen molar-refractivity contribution in [3.8, 4) is 11.3 Å². The van der Waals surface area contributed by atoms with E-state index in [1.807, 2.05) is 68.7 Å². The Morgan fingerprint density at radius 3 is 2.59 bits per heavy atom. The van der Waals surface area contributed by atoms with Gasteiger partial charge in [-0.15, -0.1) is 0 Å². The van der Waals surface area contributed by atoms with Gasteiger partial charge in [0.1, 0.15) is 0 Å². The summed E-state index contributed by atoms with van der Waals surface area (Å²) in [6.45, 7) is 2.71. The summed E-state index contributed by atoms with van der Waals surface area (Å²) < 4.78 is 0. The van der Waals surface area contributed by atoms with E-state index in [0.29, 0.717) is 30.3 Å². The van der Waals surface area contributed by atoms with Crippen molar-refractivity contribution in [1.82, 2.24) is 19.9 Å². The van der Waals surface area contributed by atoms with Crippen molar-refractivity contribution < 1.29 is 9.59 Å². The van der Waals surface area contributed by atoms with Crippen LogP contribution in [0.2, 0.25) is 0 Å². The highest BCUT2D eigenvalue weighted by Gasteiger charge is 2.28. The van der Waals surface area contributed by atoms with Crippen LogP contribution in [0.25, 0.3) is 22.2 Å². The van der Waals surface area contributed by atoms with Crippen molar-refractivity contribution in [2.75, 3.05) is 36.6 Å². The van der Waals surface area contributed by atoms with E-state index in [4.69, 9.17) is 4.98 Å². The quantitative estimate of drug-likeness (QED) is 0.201. The maximum absolute atomic E-state index is 13.1. The van der Waals surface area contributed by atoms with Crippen LogP contribution in [0.3, 0.4) is 0 Å². The average molecular weight is 552 g/mol. The highest BCUT2D eigenvalue weighted by Crippen LogP contribution is 2.31. The number of aryl methyl sites for hydroxylation is 1. The van der Waals surface area contributed by atoms with Gasteiger partial charge in [-0.1, -0.05) is 30.7 Å². The number of hydrogen-bond acceptors (Lipinski definition) is 6. The van der Waals surface area contributed by atoms with Crippen LogP contribution < -0.4 is 16.0 Å². The Morgan fingerprint density at radius 2 is 1.80 bits per heavy atom. The molecule has 2 aromatic carbocycles. The first kappa shape index (κ1) is 28.0. The molecule has 41 heavy (non-hydrogen) atoms. The number of amides is 2. The van der Waals surface area contributed by atoms with Crippen LogP contribution in [-0.2, 0) is 9.59 Å². The molecule has 0 unspecified atom stereocenters. The summed E-state index contributed by atoms with van der Waals surface area (Å²) in [5.41, 5.74) is 5.41. The Hall–Kier alpha value is -4.50. The first-order valence-corrected chi connectivity index (χ1v) is 14.1. The van der Waals surface area contributed by atoms with Gasteiger partial charge in [0.05, 0.1) is 5.69 Å². The first-order chi connectivity index (χ1) is 19.9. The minimum absolute atomic E-state index is 0.00390. The number of rotatable bonds is 9. The molecule has 4 aromatic rings. The second kappa shape index (κ2) is 12.8. The van der Waals surface area contributed by atoms with Crippen LogP contribution in [-0.4, -0.2) is 58.3 Å². The topological polar surface area (TPSA) is 115 Å². The van der Waals surface area contributed by atoms with Gasteiger partial charge in [-0.2, -0.15) is 0 Å². The van der Waals surface area contributed by atoms with Gasteiger partial charge >= 0.3 is 0 Å². The second-order valence-corrected chi connectivity index (χ2v) is 10.9. The number of fused-ring (bicyclic) bond motifs is 1.